The van der Waals surface area contributed by atoms with Gasteiger partial charge in [0.2, 0.25) is 0 Å². The van der Waals surface area contributed by atoms with Crippen molar-refractivity contribution in [1.82, 2.24) is 0 Å². The minimum atomic E-state index is -0.552. The zero-order valence-corrected chi connectivity index (χ0v) is 11.0. The maximum atomic E-state index is 9.93. The molecule has 96 valence electrons. The van der Waals surface area contributed by atoms with Crippen LogP contribution in [0.4, 0.5) is 0 Å². The first-order valence-corrected chi connectivity index (χ1v) is 6.40. The predicted octanol–water partition coefficient (Wildman–Crippen LogP) is 4.30. The van der Waals surface area contributed by atoms with E-state index in [4.69, 9.17) is 0 Å². The van der Waals surface area contributed by atoms with Gasteiger partial charge in [0, 0.05) is 0 Å². The Bertz CT molecular complexity index is 550. The average Bonchev–Trinajstić information content (AvgIpc) is 2.46. The molecule has 0 saturated heterocycles. The van der Waals surface area contributed by atoms with Crippen LogP contribution >= 0.6 is 0 Å². The molecule has 0 aliphatic heterocycles. The first-order valence-electron chi connectivity index (χ1n) is 6.40. The number of hydrogen-bond donors (Lipinski definition) is 1. The van der Waals surface area contributed by atoms with Crippen LogP contribution < -0.4 is 0 Å². The molecule has 1 atom stereocenters. The molecule has 1 N–H and O–H groups in total. The van der Waals surface area contributed by atoms with Crippen LogP contribution in [0.5, 0.6) is 0 Å². The van der Waals surface area contributed by atoms with Crippen molar-refractivity contribution in [1.29, 1.82) is 0 Å². The molecule has 0 bridgehead atoms. The number of aliphatic hydroxyl groups is 1. The number of aliphatic hydroxyl groups excluding tert-OH is 1. The Morgan fingerprint density at radius 2 is 1.58 bits per heavy atom. The highest BCUT2D eigenvalue weighted by molar-refractivity contribution is 5.51. The molecule has 1 heteroatoms. The third-order valence-corrected chi connectivity index (χ3v) is 2.91. The Kier molecular flexibility index (Phi) is 4.71. The van der Waals surface area contributed by atoms with Crippen molar-refractivity contribution < 1.29 is 5.11 Å². The Hall–Kier alpha value is -2.12. The summed E-state index contributed by atoms with van der Waals surface area (Å²) in [6.07, 6.45) is 7.06. The number of rotatable bonds is 4. The van der Waals surface area contributed by atoms with Crippen LogP contribution in [0, 0.1) is 6.92 Å². The summed E-state index contributed by atoms with van der Waals surface area (Å²) in [6, 6.07) is 17.9. The third kappa shape index (κ3) is 4.23. The van der Waals surface area contributed by atoms with Gasteiger partial charge >= 0.3 is 0 Å². The van der Waals surface area contributed by atoms with Crippen molar-refractivity contribution in [3.63, 3.8) is 0 Å². The molecule has 0 spiro atoms. The number of allylic oxidation sites excluding steroid dienone is 2. The molecule has 2 rings (SSSR count). The van der Waals surface area contributed by atoms with E-state index in [1.807, 2.05) is 48.6 Å². The van der Waals surface area contributed by atoms with Crippen molar-refractivity contribution in [3.8, 4) is 0 Å². The van der Waals surface area contributed by atoms with Crippen molar-refractivity contribution in [2.24, 2.45) is 0 Å². The zero-order chi connectivity index (χ0) is 13.5. The largest absolute Gasteiger partial charge is 0.384 e. The number of hydrogen-bond acceptors (Lipinski definition) is 1. The fourth-order valence-corrected chi connectivity index (χ4v) is 1.77. The first-order chi connectivity index (χ1) is 9.25. The van der Waals surface area contributed by atoms with E-state index in [0.29, 0.717) is 0 Å². The van der Waals surface area contributed by atoms with E-state index in [-0.39, 0.29) is 0 Å². The fraction of sp³-hybridized carbons (Fsp3) is 0.111. The van der Waals surface area contributed by atoms with Gasteiger partial charge in [0.1, 0.15) is 0 Å². The van der Waals surface area contributed by atoms with Gasteiger partial charge in [0.15, 0.2) is 0 Å². The molecule has 19 heavy (non-hydrogen) atoms. The summed E-state index contributed by atoms with van der Waals surface area (Å²) < 4.78 is 0. The molecule has 2 aromatic rings. The highest BCUT2D eigenvalue weighted by Gasteiger charge is 1.99. The van der Waals surface area contributed by atoms with Gasteiger partial charge in [-0.2, -0.15) is 0 Å². The van der Waals surface area contributed by atoms with E-state index in [9.17, 15) is 5.11 Å². The molecule has 0 aromatic heterocycles. The molecule has 0 fully saturated rings. The molecule has 0 radical (unpaired) electrons. The van der Waals surface area contributed by atoms with Gasteiger partial charge in [0.05, 0.1) is 6.10 Å². The van der Waals surface area contributed by atoms with Gasteiger partial charge in [-0.05, 0) is 18.1 Å². The van der Waals surface area contributed by atoms with Crippen molar-refractivity contribution in [3.05, 3.63) is 89.5 Å². The van der Waals surface area contributed by atoms with Crippen molar-refractivity contribution >= 4 is 6.08 Å². The van der Waals surface area contributed by atoms with E-state index < -0.39 is 6.10 Å². The molecule has 0 aliphatic rings. The lowest BCUT2D eigenvalue weighted by molar-refractivity contribution is 0.228. The highest BCUT2D eigenvalue weighted by Crippen LogP contribution is 2.13. The Balaban J connectivity index is 1.94. The van der Waals surface area contributed by atoms with Gasteiger partial charge in [-0.25, -0.2) is 0 Å². The summed E-state index contributed by atoms with van der Waals surface area (Å²) in [5, 5.41) is 9.93. The maximum Gasteiger partial charge on any atom is 0.0974 e. The van der Waals surface area contributed by atoms with Crippen LogP contribution in [0.3, 0.4) is 0 Å². The Morgan fingerprint density at radius 1 is 0.895 bits per heavy atom. The lowest BCUT2D eigenvalue weighted by Crippen LogP contribution is -1.91. The number of benzene rings is 2. The van der Waals surface area contributed by atoms with Crippen molar-refractivity contribution in [2.45, 2.75) is 13.0 Å². The smallest absolute Gasteiger partial charge is 0.0974 e. The molecule has 1 nitrogen and oxygen atoms in total. The van der Waals surface area contributed by atoms with E-state index >= 15 is 0 Å². The SMILES string of the molecule is Cc1ccc(/C=C/C=C/C(O)c2ccccc2)cc1. The van der Waals surface area contributed by atoms with E-state index in [0.717, 1.165) is 11.1 Å². The first kappa shape index (κ1) is 13.3. The van der Waals surface area contributed by atoms with Crippen LogP contribution in [-0.4, -0.2) is 5.11 Å². The minimum absolute atomic E-state index is 0.552. The summed E-state index contributed by atoms with van der Waals surface area (Å²) in [5.74, 6) is 0. The van der Waals surface area contributed by atoms with Gasteiger partial charge in [0.25, 0.3) is 0 Å². The van der Waals surface area contributed by atoms with Crippen LogP contribution in [0.15, 0.2) is 72.8 Å². The Labute approximate surface area is 114 Å². The second kappa shape index (κ2) is 6.72. The minimum Gasteiger partial charge on any atom is -0.384 e. The molecular formula is C18H18O. The molecule has 2 aromatic carbocycles. The van der Waals surface area contributed by atoms with Crippen molar-refractivity contribution in [2.75, 3.05) is 0 Å². The van der Waals surface area contributed by atoms with E-state index in [1.165, 1.54) is 5.56 Å². The maximum absolute atomic E-state index is 9.93. The summed E-state index contributed by atoms with van der Waals surface area (Å²) in [4.78, 5) is 0. The van der Waals surface area contributed by atoms with Gasteiger partial charge < -0.3 is 5.11 Å². The topological polar surface area (TPSA) is 20.2 Å². The monoisotopic (exact) mass is 250 g/mol. The zero-order valence-electron chi connectivity index (χ0n) is 11.0. The van der Waals surface area contributed by atoms with Gasteiger partial charge in [-0.1, -0.05) is 84.5 Å². The second-order valence-electron chi connectivity index (χ2n) is 4.51. The highest BCUT2D eigenvalue weighted by atomic mass is 16.3. The van der Waals surface area contributed by atoms with Crippen LogP contribution in [0.2, 0.25) is 0 Å². The lowest BCUT2D eigenvalue weighted by Gasteiger charge is -2.03. The molecule has 0 saturated carbocycles. The summed E-state index contributed by atoms with van der Waals surface area (Å²) >= 11 is 0. The number of aryl methyl sites for hydroxylation is 1. The van der Waals surface area contributed by atoms with Gasteiger partial charge in [-0.3, -0.25) is 0 Å². The summed E-state index contributed by atoms with van der Waals surface area (Å²) in [7, 11) is 0. The standard InChI is InChI=1S/C18H18O/c1-15-11-13-16(14-12-15)7-5-6-10-18(19)17-8-3-2-4-9-17/h2-14,18-19H,1H3/b7-5+,10-6+. The fourth-order valence-electron chi connectivity index (χ4n) is 1.77. The second-order valence-corrected chi connectivity index (χ2v) is 4.51. The van der Waals surface area contributed by atoms with Gasteiger partial charge in [-0.15, -0.1) is 0 Å². The predicted molar refractivity (Wildman–Crippen MR) is 80.8 cm³/mol. The molecule has 1 unspecified atom stereocenters. The van der Waals surface area contributed by atoms with Crippen LogP contribution in [0.25, 0.3) is 6.08 Å². The normalized spacial score (nSPS) is 13.2. The average molecular weight is 250 g/mol. The molecule has 0 heterocycles. The van der Waals surface area contributed by atoms with Crippen LogP contribution in [-0.2, 0) is 0 Å². The summed E-state index contributed by atoms with van der Waals surface area (Å²) in [6.45, 7) is 2.07. The Morgan fingerprint density at radius 3 is 2.26 bits per heavy atom. The quantitative estimate of drug-likeness (QED) is 0.802. The molecule has 0 amide bonds. The van der Waals surface area contributed by atoms with E-state index in [2.05, 4.69) is 31.2 Å². The lowest BCUT2D eigenvalue weighted by atomic mass is 10.1. The summed E-state index contributed by atoms with van der Waals surface area (Å²) in [5.41, 5.74) is 3.32. The molecular weight excluding hydrogens is 232 g/mol. The molecule has 0 aliphatic carbocycles. The van der Waals surface area contributed by atoms with E-state index in [1.54, 1.807) is 6.08 Å². The van der Waals surface area contributed by atoms with Crippen LogP contribution in [0.1, 0.15) is 22.8 Å². The third-order valence-electron chi connectivity index (χ3n) is 2.91.